The number of hydrogen-bond acceptors (Lipinski definition) is 5. The van der Waals surface area contributed by atoms with Gasteiger partial charge >= 0.3 is 6.09 Å². The lowest BCUT2D eigenvalue weighted by atomic mass is 10.1. The first-order chi connectivity index (χ1) is 9.85. The van der Waals surface area contributed by atoms with E-state index in [0.717, 1.165) is 32.5 Å². The molecule has 0 bridgehead atoms. The molecule has 0 aromatic rings. The third-order valence-corrected chi connectivity index (χ3v) is 3.47. The molecule has 6 nitrogen and oxygen atoms in total. The summed E-state index contributed by atoms with van der Waals surface area (Å²) in [5.74, 6) is 0. The summed E-state index contributed by atoms with van der Waals surface area (Å²) in [6.07, 6.45) is 1.72. The van der Waals surface area contributed by atoms with Crippen molar-refractivity contribution in [2.45, 2.75) is 51.4 Å². The molecule has 1 atom stereocenters. The first-order valence-corrected chi connectivity index (χ1v) is 7.58. The van der Waals surface area contributed by atoms with Crippen LogP contribution in [0, 0.1) is 0 Å². The van der Waals surface area contributed by atoms with Crippen LogP contribution < -0.4 is 5.32 Å². The third-order valence-electron chi connectivity index (χ3n) is 3.47. The largest absolute Gasteiger partial charge is 0.444 e. The fourth-order valence-corrected chi connectivity index (χ4v) is 2.29. The summed E-state index contributed by atoms with van der Waals surface area (Å²) in [6, 6.07) is 0.415. The van der Waals surface area contributed by atoms with Crippen molar-refractivity contribution >= 4 is 6.09 Å². The molecule has 0 aromatic heterocycles. The summed E-state index contributed by atoms with van der Waals surface area (Å²) in [5, 5.41) is 3.48. The molecule has 0 spiro atoms. The van der Waals surface area contributed by atoms with Crippen LogP contribution in [-0.4, -0.2) is 69.2 Å². The van der Waals surface area contributed by atoms with Gasteiger partial charge < -0.3 is 24.4 Å². The number of nitrogens with zero attached hydrogens (tertiary/aromatic N) is 1. The molecule has 21 heavy (non-hydrogen) atoms. The van der Waals surface area contributed by atoms with Crippen molar-refractivity contribution in [3.8, 4) is 0 Å². The number of carbonyl (C=O) groups is 1. The summed E-state index contributed by atoms with van der Waals surface area (Å²) in [5.41, 5.74) is -0.433. The van der Waals surface area contributed by atoms with E-state index in [0.29, 0.717) is 12.6 Å². The Morgan fingerprint density at radius 1 is 1.29 bits per heavy atom. The molecule has 1 unspecified atom stereocenters. The van der Waals surface area contributed by atoms with Crippen molar-refractivity contribution in [3.05, 3.63) is 0 Å². The smallest absolute Gasteiger partial charge is 0.410 e. The number of likely N-dealkylation sites (tertiary alicyclic amines) is 1. The van der Waals surface area contributed by atoms with Crippen LogP contribution in [-0.2, 0) is 14.2 Å². The Labute approximate surface area is 128 Å². The number of nitrogens with one attached hydrogen (secondary N) is 1. The molecule has 1 fully saturated rings. The zero-order valence-corrected chi connectivity index (χ0v) is 14.0. The van der Waals surface area contributed by atoms with Gasteiger partial charge in [-0.25, -0.2) is 4.79 Å². The van der Waals surface area contributed by atoms with Crippen LogP contribution in [0.1, 0.15) is 33.6 Å². The highest BCUT2D eigenvalue weighted by molar-refractivity contribution is 5.68. The number of ether oxygens (including phenoxy) is 3. The third kappa shape index (κ3) is 7.11. The van der Waals surface area contributed by atoms with E-state index in [2.05, 4.69) is 5.32 Å². The first-order valence-electron chi connectivity index (χ1n) is 7.58. The average molecular weight is 302 g/mol. The molecular weight excluding hydrogens is 272 g/mol. The Morgan fingerprint density at radius 3 is 2.38 bits per heavy atom. The molecule has 6 heteroatoms. The van der Waals surface area contributed by atoms with Crippen LogP contribution in [0.25, 0.3) is 0 Å². The predicted octanol–water partition coefficient (Wildman–Crippen LogP) is 1.64. The van der Waals surface area contributed by atoms with Gasteiger partial charge in [-0.05, 0) is 33.6 Å². The minimum absolute atomic E-state index is 0.0684. The highest BCUT2D eigenvalue weighted by Crippen LogP contribution is 2.15. The zero-order chi connectivity index (χ0) is 15.9. The van der Waals surface area contributed by atoms with Crippen LogP contribution >= 0.6 is 0 Å². The van der Waals surface area contributed by atoms with Gasteiger partial charge in [0.2, 0.25) is 0 Å². The maximum Gasteiger partial charge on any atom is 0.410 e. The van der Waals surface area contributed by atoms with Gasteiger partial charge in [0.25, 0.3) is 0 Å². The molecule has 0 aliphatic carbocycles. The number of hydrogen-bond donors (Lipinski definition) is 1. The Hall–Kier alpha value is -0.850. The molecule has 1 heterocycles. The number of piperidine rings is 1. The lowest BCUT2D eigenvalue weighted by Crippen LogP contribution is -2.48. The second-order valence-electron chi connectivity index (χ2n) is 6.46. The molecule has 1 N–H and O–H groups in total. The summed E-state index contributed by atoms with van der Waals surface area (Å²) in [6.45, 7) is 8.48. The van der Waals surface area contributed by atoms with Crippen molar-refractivity contribution in [3.63, 3.8) is 0 Å². The van der Waals surface area contributed by atoms with Gasteiger partial charge in [0.15, 0.2) is 0 Å². The Balaban J connectivity index is 2.27. The van der Waals surface area contributed by atoms with Gasteiger partial charge in [-0.2, -0.15) is 0 Å². The van der Waals surface area contributed by atoms with E-state index in [1.165, 1.54) is 0 Å². The van der Waals surface area contributed by atoms with E-state index < -0.39 is 5.60 Å². The molecular formula is C15H30N2O4. The number of methoxy groups -OCH3 is 2. The molecule has 1 amide bonds. The van der Waals surface area contributed by atoms with E-state index in [1.807, 2.05) is 20.8 Å². The van der Waals surface area contributed by atoms with E-state index in [-0.39, 0.29) is 12.2 Å². The second kappa shape index (κ2) is 8.56. The Morgan fingerprint density at radius 2 is 1.90 bits per heavy atom. The topological polar surface area (TPSA) is 60.0 Å². The SMILES string of the molecule is COCC(CNC1CCN(C(=O)OC(C)(C)C)CC1)OC. The Kier molecular flexibility index (Phi) is 7.42. The molecule has 1 aliphatic heterocycles. The first kappa shape index (κ1) is 18.2. The van der Waals surface area contributed by atoms with Gasteiger partial charge in [-0.15, -0.1) is 0 Å². The van der Waals surface area contributed by atoms with Crippen LogP contribution in [0.2, 0.25) is 0 Å². The van der Waals surface area contributed by atoms with Crippen molar-refractivity contribution in [2.24, 2.45) is 0 Å². The normalized spacial score (nSPS) is 18.6. The van der Waals surface area contributed by atoms with Gasteiger partial charge in [0.05, 0.1) is 12.7 Å². The van der Waals surface area contributed by atoms with E-state index >= 15 is 0 Å². The fraction of sp³-hybridized carbons (Fsp3) is 0.933. The van der Waals surface area contributed by atoms with Crippen molar-refractivity contribution < 1.29 is 19.0 Å². The lowest BCUT2D eigenvalue weighted by Gasteiger charge is -2.34. The van der Waals surface area contributed by atoms with Crippen LogP contribution in [0.5, 0.6) is 0 Å². The second-order valence-corrected chi connectivity index (χ2v) is 6.46. The monoisotopic (exact) mass is 302 g/mol. The van der Waals surface area contributed by atoms with Gasteiger partial charge in [-0.1, -0.05) is 0 Å². The lowest BCUT2D eigenvalue weighted by molar-refractivity contribution is 0.0157. The van der Waals surface area contributed by atoms with Crippen molar-refractivity contribution in [1.29, 1.82) is 0 Å². The minimum atomic E-state index is -0.433. The maximum atomic E-state index is 12.0. The van der Waals surface area contributed by atoms with Crippen LogP contribution in [0.4, 0.5) is 4.79 Å². The summed E-state index contributed by atoms with van der Waals surface area (Å²) in [4.78, 5) is 13.7. The highest BCUT2D eigenvalue weighted by Gasteiger charge is 2.26. The van der Waals surface area contributed by atoms with Gasteiger partial charge in [0, 0.05) is 39.9 Å². The van der Waals surface area contributed by atoms with Gasteiger partial charge in [0.1, 0.15) is 5.60 Å². The number of rotatable bonds is 6. The maximum absolute atomic E-state index is 12.0. The molecule has 124 valence electrons. The highest BCUT2D eigenvalue weighted by atomic mass is 16.6. The number of amides is 1. The van der Waals surface area contributed by atoms with E-state index in [9.17, 15) is 4.79 Å². The number of carbonyl (C=O) groups excluding carboxylic acids is 1. The molecule has 0 aromatic carbocycles. The Bertz CT molecular complexity index is 309. The standard InChI is InChI=1S/C15H30N2O4/c1-15(2,3)21-14(18)17-8-6-12(7-9-17)16-10-13(20-5)11-19-4/h12-13,16H,6-11H2,1-5H3. The molecule has 0 saturated carbocycles. The van der Waals surface area contributed by atoms with E-state index in [4.69, 9.17) is 14.2 Å². The molecule has 1 aliphatic rings. The predicted molar refractivity (Wildman–Crippen MR) is 81.5 cm³/mol. The van der Waals surface area contributed by atoms with Crippen LogP contribution in [0.15, 0.2) is 0 Å². The fourth-order valence-electron chi connectivity index (χ4n) is 2.29. The van der Waals surface area contributed by atoms with Crippen molar-refractivity contribution in [2.75, 3.05) is 40.5 Å². The summed E-state index contributed by atoms with van der Waals surface area (Å²) in [7, 11) is 3.36. The van der Waals surface area contributed by atoms with E-state index in [1.54, 1.807) is 19.1 Å². The van der Waals surface area contributed by atoms with Crippen LogP contribution in [0.3, 0.4) is 0 Å². The van der Waals surface area contributed by atoms with Crippen molar-refractivity contribution in [1.82, 2.24) is 10.2 Å². The minimum Gasteiger partial charge on any atom is -0.444 e. The quantitative estimate of drug-likeness (QED) is 0.808. The zero-order valence-electron chi connectivity index (χ0n) is 14.0. The summed E-state index contributed by atoms with van der Waals surface area (Å²) < 4.78 is 15.8. The molecule has 0 radical (unpaired) electrons. The summed E-state index contributed by atoms with van der Waals surface area (Å²) >= 11 is 0. The molecule has 1 saturated heterocycles. The molecule has 1 rings (SSSR count). The van der Waals surface area contributed by atoms with Gasteiger partial charge in [-0.3, -0.25) is 0 Å². The average Bonchev–Trinajstić information content (AvgIpc) is 2.42.